The molecule has 80 valence electrons. The molecule has 0 aliphatic rings. The van der Waals surface area contributed by atoms with Crippen LogP contribution >= 0.6 is 11.3 Å². The van der Waals surface area contributed by atoms with Gasteiger partial charge in [-0.2, -0.15) is 13.2 Å². The number of anilines is 1. The fraction of sp³-hybridized carbons (Fsp3) is 0.571. The van der Waals surface area contributed by atoms with E-state index in [1.807, 2.05) is 0 Å². The molecule has 7 heteroatoms. The molecular weight excluding hydrogens is 215 g/mol. The molecule has 1 aromatic rings. The van der Waals surface area contributed by atoms with Crippen LogP contribution in [-0.4, -0.2) is 24.8 Å². The summed E-state index contributed by atoms with van der Waals surface area (Å²) in [5.41, 5.74) is 5.32. The van der Waals surface area contributed by atoms with Crippen LogP contribution in [0.2, 0.25) is 0 Å². The van der Waals surface area contributed by atoms with Crippen molar-refractivity contribution in [2.75, 3.05) is 18.5 Å². The maximum Gasteiger partial charge on any atom is 0.405 e. The van der Waals surface area contributed by atoms with Crippen LogP contribution in [0.1, 0.15) is 4.88 Å². The van der Waals surface area contributed by atoms with Gasteiger partial charge in [-0.15, -0.1) is 11.3 Å². The van der Waals surface area contributed by atoms with Crippen molar-refractivity contribution < 1.29 is 13.2 Å². The van der Waals surface area contributed by atoms with Gasteiger partial charge in [0.1, 0.15) is 6.54 Å². The fourth-order valence-corrected chi connectivity index (χ4v) is 1.65. The van der Waals surface area contributed by atoms with E-state index in [9.17, 15) is 13.2 Å². The highest BCUT2D eigenvalue weighted by Gasteiger charge is 2.30. The Morgan fingerprint density at radius 2 is 2.21 bits per heavy atom. The molecule has 1 aromatic heterocycles. The lowest BCUT2D eigenvalue weighted by molar-refractivity contribution is -0.119. The molecular formula is C7H10F3N3S. The van der Waals surface area contributed by atoms with E-state index in [0.717, 1.165) is 9.78 Å². The van der Waals surface area contributed by atoms with Gasteiger partial charge >= 0.3 is 6.18 Å². The van der Waals surface area contributed by atoms with Gasteiger partial charge in [0.25, 0.3) is 0 Å². The van der Waals surface area contributed by atoms with E-state index in [0.29, 0.717) is 11.7 Å². The van der Waals surface area contributed by atoms with Crippen LogP contribution in [0.3, 0.4) is 0 Å². The third-order valence-corrected chi connectivity index (χ3v) is 2.62. The first kappa shape index (κ1) is 11.3. The van der Waals surface area contributed by atoms with Gasteiger partial charge in [0.15, 0.2) is 5.13 Å². The van der Waals surface area contributed by atoms with Crippen LogP contribution in [-0.2, 0) is 6.54 Å². The molecule has 0 saturated heterocycles. The summed E-state index contributed by atoms with van der Waals surface area (Å²) in [5, 5.41) is 0.336. The van der Waals surface area contributed by atoms with Gasteiger partial charge in [-0.3, -0.25) is 0 Å². The van der Waals surface area contributed by atoms with Crippen molar-refractivity contribution in [3.05, 3.63) is 11.1 Å². The summed E-state index contributed by atoms with van der Waals surface area (Å²) < 4.78 is 36.0. The molecule has 1 heterocycles. The highest BCUT2D eigenvalue weighted by molar-refractivity contribution is 7.15. The summed E-state index contributed by atoms with van der Waals surface area (Å²) in [4.78, 5) is 5.67. The number of aromatic nitrogens is 1. The lowest BCUT2D eigenvalue weighted by Gasteiger charge is -2.17. The fourth-order valence-electron chi connectivity index (χ4n) is 0.905. The van der Waals surface area contributed by atoms with E-state index in [1.165, 1.54) is 24.6 Å². The van der Waals surface area contributed by atoms with Crippen LogP contribution in [0.5, 0.6) is 0 Å². The summed E-state index contributed by atoms with van der Waals surface area (Å²) in [6.07, 6.45) is -2.71. The van der Waals surface area contributed by atoms with Crippen LogP contribution in [0, 0.1) is 0 Å². The number of nitrogens with zero attached hydrogens (tertiary/aromatic N) is 2. The summed E-state index contributed by atoms with van der Waals surface area (Å²) in [7, 11) is 1.35. The number of nitrogens with two attached hydrogens (primary N) is 1. The van der Waals surface area contributed by atoms with Gasteiger partial charge in [0.05, 0.1) is 0 Å². The lowest BCUT2D eigenvalue weighted by atomic mass is 10.6. The standard InChI is InChI=1S/C7H10F3N3S/c1-13(4-7(8,9)10)6-12-3-5(2-11)14-6/h3H,2,4,11H2,1H3. The largest absolute Gasteiger partial charge is 0.405 e. The smallest absolute Gasteiger partial charge is 0.342 e. The minimum absolute atomic E-state index is 0.303. The van der Waals surface area contributed by atoms with E-state index in [4.69, 9.17) is 5.73 Å². The normalized spacial score (nSPS) is 11.8. The Labute approximate surface area is 83.3 Å². The Kier molecular flexibility index (Phi) is 3.33. The topological polar surface area (TPSA) is 42.2 Å². The molecule has 0 radical (unpaired) electrons. The summed E-state index contributed by atoms with van der Waals surface area (Å²) in [6, 6.07) is 0. The monoisotopic (exact) mass is 225 g/mol. The van der Waals surface area contributed by atoms with E-state index < -0.39 is 12.7 Å². The van der Waals surface area contributed by atoms with Crippen molar-refractivity contribution in [2.24, 2.45) is 5.73 Å². The number of hydrogen-bond donors (Lipinski definition) is 1. The predicted octanol–water partition coefficient (Wildman–Crippen LogP) is 1.60. The summed E-state index contributed by atoms with van der Waals surface area (Å²) in [5.74, 6) is 0. The molecule has 3 nitrogen and oxygen atoms in total. The van der Waals surface area contributed by atoms with Crippen molar-refractivity contribution >= 4 is 16.5 Å². The Morgan fingerprint density at radius 1 is 1.57 bits per heavy atom. The number of rotatable bonds is 3. The SMILES string of the molecule is CN(CC(F)(F)F)c1ncc(CN)s1. The number of thiazole rings is 1. The molecule has 0 spiro atoms. The highest BCUT2D eigenvalue weighted by Crippen LogP contribution is 2.24. The molecule has 0 atom stereocenters. The first-order valence-corrected chi connectivity index (χ1v) is 4.66. The lowest BCUT2D eigenvalue weighted by Crippen LogP contribution is -2.30. The highest BCUT2D eigenvalue weighted by atomic mass is 32.1. The Balaban J connectivity index is 2.65. The molecule has 0 fully saturated rings. The number of hydrogen-bond acceptors (Lipinski definition) is 4. The molecule has 0 aromatic carbocycles. The number of alkyl halides is 3. The van der Waals surface area contributed by atoms with E-state index in [1.54, 1.807) is 0 Å². The molecule has 0 saturated carbocycles. The average Bonchev–Trinajstić information content (AvgIpc) is 2.48. The van der Waals surface area contributed by atoms with Gasteiger partial charge in [-0.05, 0) is 0 Å². The van der Waals surface area contributed by atoms with Gasteiger partial charge in [-0.25, -0.2) is 4.98 Å². The number of halogens is 3. The molecule has 2 N–H and O–H groups in total. The van der Waals surface area contributed by atoms with Crippen LogP contribution < -0.4 is 10.6 Å². The quantitative estimate of drug-likeness (QED) is 0.849. The van der Waals surface area contributed by atoms with Gasteiger partial charge in [-0.1, -0.05) is 0 Å². The summed E-state index contributed by atoms with van der Waals surface area (Å²) >= 11 is 1.17. The van der Waals surface area contributed by atoms with E-state index in [2.05, 4.69) is 4.98 Å². The first-order chi connectivity index (χ1) is 6.42. The maximum atomic E-state index is 12.0. The van der Waals surface area contributed by atoms with Crippen molar-refractivity contribution in [1.82, 2.24) is 4.98 Å². The zero-order chi connectivity index (χ0) is 10.8. The molecule has 14 heavy (non-hydrogen) atoms. The molecule has 0 unspecified atom stereocenters. The maximum absolute atomic E-state index is 12.0. The molecule has 0 aliphatic carbocycles. The Morgan fingerprint density at radius 3 is 2.64 bits per heavy atom. The van der Waals surface area contributed by atoms with E-state index >= 15 is 0 Å². The van der Waals surface area contributed by atoms with Crippen molar-refractivity contribution in [2.45, 2.75) is 12.7 Å². The van der Waals surface area contributed by atoms with Gasteiger partial charge in [0, 0.05) is 24.7 Å². The third kappa shape index (κ3) is 3.15. The average molecular weight is 225 g/mol. The molecule has 0 bridgehead atoms. The zero-order valence-electron chi connectivity index (χ0n) is 7.51. The van der Waals surface area contributed by atoms with Crippen LogP contribution in [0.15, 0.2) is 6.20 Å². The molecule has 0 amide bonds. The second-order valence-electron chi connectivity index (χ2n) is 2.78. The molecule has 0 aliphatic heterocycles. The van der Waals surface area contributed by atoms with Crippen molar-refractivity contribution in [3.8, 4) is 0 Å². The van der Waals surface area contributed by atoms with Gasteiger partial charge in [0.2, 0.25) is 0 Å². The van der Waals surface area contributed by atoms with Crippen LogP contribution in [0.4, 0.5) is 18.3 Å². The molecule has 1 rings (SSSR count). The Hall–Kier alpha value is -0.820. The van der Waals surface area contributed by atoms with Crippen molar-refractivity contribution in [1.29, 1.82) is 0 Å². The minimum Gasteiger partial charge on any atom is -0.342 e. The minimum atomic E-state index is -4.21. The van der Waals surface area contributed by atoms with Crippen molar-refractivity contribution in [3.63, 3.8) is 0 Å². The van der Waals surface area contributed by atoms with Crippen LogP contribution in [0.25, 0.3) is 0 Å². The summed E-state index contributed by atoms with van der Waals surface area (Å²) in [6.45, 7) is -0.692. The van der Waals surface area contributed by atoms with E-state index in [-0.39, 0.29) is 0 Å². The first-order valence-electron chi connectivity index (χ1n) is 3.85. The third-order valence-electron chi connectivity index (χ3n) is 1.49. The Bertz CT molecular complexity index is 297. The zero-order valence-corrected chi connectivity index (χ0v) is 8.32. The predicted molar refractivity (Wildman–Crippen MR) is 49.3 cm³/mol. The second kappa shape index (κ2) is 4.14. The van der Waals surface area contributed by atoms with Gasteiger partial charge < -0.3 is 10.6 Å². The second-order valence-corrected chi connectivity index (χ2v) is 3.88.